The van der Waals surface area contributed by atoms with Gasteiger partial charge in [-0.25, -0.2) is 5.32 Å². The third kappa shape index (κ3) is 1.73. The lowest BCUT2D eigenvalue weighted by atomic mass is 10.0. The Morgan fingerprint density at radius 1 is 1.38 bits per heavy atom. The standard InChI is InChI=1S/C12H10IN2S/c13-10-3-1-2-7-4-8(5-9(7)10)11-6-14-12(16)15-11/h1-3,6,8H,4-5H2,(H,14,16). The summed E-state index contributed by atoms with van der Waals surface area (Å²) in [6, 6.07) is 6.52. The number of fused-ring (bicyclic) bond motifs is 1. The molecule has 1 N–H and O–H groups in total. The van der Waals surface area contributed by atoms with Crippen molar-refractivity contribution in [3.05, 3.63) is 44.8 Å². The fourth-order valence-electron chi connectivity index (χ4n) is 2.34. The molecule has 2 aliphatic rings. The predicted octanol–water partition coefficient (Wildman–Crippen LogP) is 2.34. The minimum Gasteiger partial charge on any atom is -0.336 e. The third-order valence-electron chi connectivity index (χ3n) is 3.13. The Morgan fingerprint density at radius 3 is 2.94 bits per heavy atom. The number of nitrogens with zero attached hydrogens (tertiary/aromatic N) is 1. The van der Waals surface area contributed by atoms with Gasteiger partial charge in [-0.05, 0) is 64.8 Å². The lowest BCUT2D eigenvalue weighted by Gasteiger charge is -2.07. The van der Waals surface area contributed by atoms with Crippen LogP contribution in [0.15, 0.2) is 30.1 Å². The Bertz CT molecular complexity index is 496. The first-order valence-electron chi connectivity index (χ1n) is 5.22. The Hall–Kier alpha value is -0.620. The van der Waals surface area contributed by atoms with Gasteiger partial charge in [0.1, 0.15) is 0 Å². The average molecular weight is 341 g/mol. The number of nitrogens with one attached hydrogen (secondary N) is 1. The summed E-state index contributed by atoms with van der Waals surface area (Å²) in [5.74, 6) is 0.499. The van der Waals surface area contributed by atoms with Gasteiger partial charge in [-0.3, -0.25) is 0 Å². The number of rotatable bonds is 1. The van der Waals surface area contributed by atoms with Gasteiger partial charge in [0.2, 0.25) is 0 Å². The van der Waals surface area contributed by atoms with Crippen molar-refractivity contribution in [1.82, 2.24) is 10.6 Å². The predicted molar refractivity (Wildman–Crippen MR) is 76.0 cm³/mol. The third-order valence-corrected chi connectivity index (χ3v) is 4.34. The van der Waals surface area contributed by atoms with E-state index in [4.69, 9.17) is 12.2 Å². The van der Waals surface area contributed by atoms with Crippen LogP contribution in [0, 0.1) is 9.49 Å². The van der Waals surface area contributed by atoms with E-state index in [1.54, 1.807) is 0 Å². The lowest BCUT2D eigenvalue weighted by Crippen LogP contribution is -2.18. The second kappa shape index (κ2) is 4.00. The van der Waals surface area contributed by atoms with Crippen LogP contribution in [0.2, 0.25) is 0 Å². The molecule has 2 nitrogen and oxygen atoms in total. The van der Waals surface area contributed by atoms with E-state index in [0.717, 1.165) is 18.5 Å². The number of thiocarbonyl (C=S) groups is 1. The zero-order chi connectivity index (χ0) is 11.1. The quantitative estimate of drug-likeness (QED) is 0.627. The van der Waals surface area contributed by atoms with Gasteiger partial charge in [0, 0.05) is 15.7 Å². The molecular weight excluding hydrogens is 331 g/mol. The first-order valence-corrected chi connectivity index (χ1v) is 6.71. The molecule has 1 aromatic carbocycles. The number of benzene rings is 1. The van der Waals surface area contributed by atoms with E-state index in [-0.39, 0.29) is 0 Å². The normalized spacial score (nSPS) is 22.4. The molecule has 1 unspecified atom stereocenters. The van der Waals surface area contributed by atoms with Gasteiger partial charge in [0.05, 0.1) is 5.70 Å². The summed E-state index contributed by atoms with van der Waals surface area (Å²) in [6.07, 6.45) is 4.13. The summed E-state index contributed by atoms with van der Waals surface area (Å²) >= 11 is 7.42. The highest BCUT2D eigenvalue weighted by Gasteiger charge is 2.28. The molecule has 16 heavy (non-hydrogen) atoms. The van der Waals surface area contributed by atoms with E-state index in [1.807, 2.05) is 6.20 Å². The maximum atomic E-state index is 5.01. The smallest absolute Gasteiger partial charge is 0.197 e. The molecule has 0 aromatic heterocycles. The molecule has 81 valence electrons. The maximum absolute atomic E-state index is 5.01. The average Bonchev–Trinajstić information content (AvgIpc) is 2.84. The van der Waals surface area contributed by atoms with Crippen LogP contribution in [0.25, 0.3) is 0 Å². The zero-order valence-corrected chi connectivity index (χ0v) is 11.5. The van der Waals surface area contributed by atoms with Gasteiger partial charge >= 0.3 is 0 Å². The molecule has 0 saturated carbocycles. The number of hydrogen-bond donors (Lipinski definition) is 1. The van der Waals surface area contributed by atoms with Crippen LogP contribution in [0.5, 0.6) is 0 Å². The van der Waals surface area contributed by atoms with Crippen LogP contribution >= 0.6 is 34.8 Å². The van der Waals surface area contributed by atoms with E-state index in [0.29, 0.717) is 11.0 Å². The lowest BCUT2D eigenvalue weighted by molar-refractivity contribution is 0.633. The van der Waals surface area contributed by atoms with Crippen LogP contribution in [-0.2, 0) is 12.8 Å². The molecule has 1 heterocycles. The van der Waals surface area contributed by atoms with Gasteiger partial charge < -0.3 is 5.32 Å². The van der Waals surface area contributed by atoms with Crippen LogP contribution in [-0.4, -0.2) is 5.11 Å². The molecule has 0 saturated heterocycles. The summed E-state index contributed by atoms with van der Waals surface area (Å²) in [5, 5.41) is 7.95. The van der Waals surface area contributed by atoms with Crippen molar-refractivity contribution in [3.8, 4) is 0 Å². The van der Waals surface area contributed by atoms with Crippen LogP contribution in [0.4, 0.5) is 0 Å². The van der Waals surface area contributed by atoms with Crippen molar-refractivity contribution in [2.45, 2.75) is 12.8 Å². The monoisotopic (exact) mass is 341 g/mol. The molecule has 1 atom stereocenters. The zero-order valence-electron chi connectivity index (χ0n) is 8.53. The van der Waals surface area contributed by atoms with Gasteiger partial charge in [0.25, 0.3) is 0 Å². The van der Waals surface area contributed by atoms with Crippen LogP contribution in [0.3, 0.4) is 0 Å². The largest absolute Gasteiger partial charge is 0.336 e. The Morgan fingerprint density at radius 2 is 2.25 bits per heavy atom. The van der Waals surface area contributed by atoms with Gasteiger partial charge in [0.15, 0.2) is 5.11 Å². The molecule has 1 radical (unpaired) electrons. The number of hydrogen-bond acceptors (Lipinski definition) is 1. The second-order valence-corrected chi connectivity index (χ2v) is 5.66. The molecule has 0 amide bonds. The van der Waals surface area contributed by atoms with Crippen molar-refractivity contribution >= 4 is 39.9 Å². The number of halogens is 1. The maximum Gasteiger partial charge on any atom is 0.197 e. The highest BCUT2D eigenvalue weighted by molar-refractivity contribution is 14.1. The van der Waals surface area contributed by atoms with Crippen molar-refractivity contribution in [2.24, 2.45) is 5.92 Å². The second-order valence-electron chi connectivity index (χ2n) is 4.11. The van der Waals surface area contributed by atoms with Crippen LogP contribution in [0.1, 0.15) is 11.1 Å². The highest BCUT2D eigenvalue weighted by Crippen LogP contribution is 2.34. The molecule has 1 aliphatic carbocycles. The van der Waals surface area contributed by atoms with Crippen molar-refractivity contribution in [2.75, 3.05) is 0 Å². The molecule has 3 rings (SSSR count). The van der Waals surface area contributed by atoms with Crippen LogP contribution < -0.4 is 10.6 Å². The topological polar surface area (TPSA) is 26.1 Å². The molecule has 1 aliphatic heterocycles. The molecule has 1 aromatic rings. The molecule has 0 spiro atoms. The van der Waals surface area contributed by atoms with Gasteiger partial charge in [-0.15, -0.1) is 0 Å². The highest BCUT2D eigenvalue weighted by atomic mass is 127. The van der Waals surface area contributed by atoms with E-state index < -0.39 is 0 Å². The summed E-state index contributed by atoms with van der Waals surface area (Å²) < 4.78 is 1.37. The van der Waals surface area contributed by atoms with Crippen molar-refractivity contribution in [3.63, 3.8) is 0 Å². The number of allylic oxidation sites excluding steroid dienone is 1. The minimum absolute atomic E-state index is 0.499. The van der Waals surface area contributed by atoms with Gasteiger partial charge in [-0.1, -0.05) is 12.1 Å². The van der Waals surface area contributed by atoms with Crippen molar-refractivity contribution in [1.29, 1.82) is 0 Å². The van der Waals surface area contributed by atoms with E-state index in [9.17, 15) is 0 Å². The summed E-state index contributed by atoms with van der Waals surface area (Å²) in [6.45, 7) is 0. The SMILES string of the molecule is S=C1[N]C(C2Cc3cccc(I)c3C2)=CN1. The van der Waals surface area contributed by atoms with Crippen molar-refractivity contribution < 1.29 is 0 Å². The fraction of sp³-hybridized carbons (Fsp3) is 0.250. The summed E-state index contributed by atoms with van der Waals surface area (Å²) in [4.78, 5) is 0. The van der Waals surface area contributed by atoms with E-state index in [1.165, 1.54) is 14.7 Å². The first-order chi connectivity index (χ1) is 7.74. The van der Waals surface area contributed by atoms with E-state index >= 15 is 0 Å². The molecule has 4 heteroatoms. The molecule has 0 fully saturated rings. The Kier molecular flexibility index (Phi) is 2.63. The van der Waals surface area contributed by atoms with Gasteiger partial charge in [-0.2, -0.15) is 0 Å². The van der Waals surface area contributed by atoms with E-state index in [2.05, 4.69) is 51.4 Å². The minimum atomic E-state index is 0.499. The Labute approximate surface area is 114 Å². The molecule has 0 bridgehead atoms. The summed E-state index contributed by atoms with van der Waals surface area (Å²) in [5.41, 5.74) is 4.06. The summed E-state index contributed by atoms with van der Waals surface area (Å²) in [7, 11) is 0. The molecular formula is C12H10IN2S. The first kappa shape index (κ1) is 10.5. The fourth-order valence-corrected chi connectivity index (χ4v) is 3.28. The Balaban J connectivity index is 1.86.